The molecule has 0 saturated carbocycles. The quantitative estimate of drug-likeness (QED) is 0.717. The molecular formula is C14H17N3O4. The van der Waals surface area contributed by atoms with Crippen molar-refractivity contribution in [2.45, 2.75) is 6.42 Å². The van der Waals surface area contributed by atoms with Crippen molar-refractivity contribution in [3.05, 3.63) is 29.8 Å². The van der Waals surface area contributed by atoms with Crippen molar-refractivity contribution < 1.29 is 19.1 Å². The Labute approximate surface area is 122 Å². The van der Waals surface area contributed by atoms with Gasteiger partial charge in [-0.15, -0.1) is 0 Å². The first kappa shape index (κ1) is 14.8. The van der Waals surface area contributed by atoms with E-state index in [4.69, 9.17) is 4.74 Å². The molecule has 0 unspecified atom stereocenters. The highest BCUT2D eigenvalue weighted by atomic mass is 16.5. The second kappa shape index (κ2) is 6.74. The van der Waals surface area contributed by atoms with Gasteiger partial charge in [0.25, 0.3) is 0 Å². The van der Waals surface area contributed by atoms with Crippen molar-refractivity contribution in [3.63, 3.8) is 0 Å². The summed E-state index contributed by atoms with van der Waals surface area (Å²) in [6.45, 7) is 0.438. The molecule has 1 saturated heterocycles. The van der Waals surface area contributed by atoms with E-state index in [1.165, 1.54) is 0 Å². The van der Waals surface area contributed by atoms with Gasteiger partial charge in [-0.2, -0.15) is 0 Å². The lowest BCUT2D eigenvalue weighted by Crippen LogP contribution is -2.39. The summed E-state index contributed by atoms with van der Waals surface area (Å²) in [7, 11) is 1.57. The minimum Gasteiger partial charge on any atom is -0.497 e. The van der Waals surface area contributed by atoms with Crippen LogP contribution in [-0.4, -0.2) is 49.5 Å². The molecule has 0 spiro atoms. The van der Waals surface area contributed by atoms with Gasteiger partial charge in [-0.3, -0.25) is 14.5 Å². The monoisotopic (exact) mass is 291 g/mol. The van der Waals surface area contributed by atoms with E-state index in [1.807, 2.05) is 12.1 Å². The molecular weight excluding hydrogens is 274 g/mol. The summed E-state index contributed by atoms with van der Waals surface area (Å²) in [5, 5.41) is 5.10. The van der Waals surface area contributed by atoms with Gasteiger partial charge >= 0.3 is 6.03 Å². The highest BCUT2D eigenvalue weighted by Gasteiger charge is 2.27. The number of imide groups is 1. The van der Waals surface area contributed by atoms with E-state index in [0.717, 1.165) is 10.5 Å². The number of nitrogens with one attached hydrogen (secondary N) is 2. The molecule has 1 fully saturated rings. The summed E-state index contributed by atoms with van der Waals surface area (Å²) >= 11 is 0. The third-order valence-electron chi connectivity index (χ3n) is 3.09. The highest BCUT2D eigenvalue weighted by molar-refractivity contribution is 6.01. The summed E-state index contributed by atoms with van der Waals surface area (Å²) < 4.78 is 5.09. The van der Waals surface area contributed by atoms with E-state index in [0.29, 0.717) is 5.75 Å². The Hall–Kier alpha value is -2.57. The van der Waals surface area contributed by atoms with Crippen molar-refractivity contribution in [3.8, 4) is 5.75 Å². The maximum absolute atomic E-state index is 11.8. The number of methoxy groups -OCH3 is 1. The molecule has 4 amide bonds. The van der Waals surface area contributed by atoms with E-state index >= 15 is 0 Å². The molecule has 1 aromatic rings. The van der Waals surface area contributed by atoms with Gasteiger partial charge in [0.1, 0.15) is 5.75 Å². The Morgan fingerprint density at radius 3 is 2.90 bits per heavy atom. The fourth-order valence-electron chi connectivity index (χ4n) is 2.02. The number of nitrogens with zero attached hydrogens (tertiary/aromatic N) is 1. The molecule has 1 aliphatic rings. The lowest BCUT2D eigenvalue weighted by atomic mass is 10.1. The van der Waals surface area contributed by atoms with Crippen LogP contribution in [0.25, 0.3) is 0 Å². The van der Waals surface area contributed by atoms with Crippen LogP contribution in [0.2, 0.25) is 0 Å². The lowest BCUT2D eigenvalue weighted by Gasteiger charge is -2.12. The topological polar surface area (TPSA) is 87.7 Å². The predicted octanol–water partition coefficient (Wildman–Crippen LogP) is -0.0943. The van der Waals surface area contributed by atoms with Crippen LogP contribution in [0, 0.1) is 0 Å². The number of carbonyl (C=O) groups is 3. The summed E-state index contributed by atoms with van der Waals surface area (Å²) in [5.41, 5.74) is 0.835. The predicted molar refractivity (Wildman–Crippen MR) is 74.8 cm³/mol. The van der Waals surface area contributed by atoms with E-state index in [1.54, 1.807) is 19.2 Å². The number of rotatable bonds is 6. The Balaban J connectivity index is 1.77. The van der Waals surface area contributed by atoms with Gasteiger partial charge in [0.15, 0.2) is 0 Å². The third kappa shape index (κ3) is 3.95. The molecule has 112 valence electrons. The minimum atomic E-state index is -0.415. The standard InChI is InChI=1S/C14H17N3O4/c1-21-11-4-2-3-10(7-11)8-12(18)15-5-6-17-13(19)9-16-14(17)20/h2-4,7H,5-6,8-9H2,1H3,(H,15,18)(H,16,20). The smallest absolute Gasteiger partial charge is 0.324 e. The molecule has 21 heavy (non-hydrogen) atoms. The molecule has 7 heteroatoms. The first-order chi connectivity index (χ1) is 10.1. The van der Waals surface area contributed by atoms with E-state index in [9.17, 15) is 14.4 Å². The number of benzene rings is 1. The average Bonchev–Trinajstić information content (AvgIpc) is 2.79. The first-order valence-corrected chi connectivity index (χ1v) is 6.58. The summed E-state index contributed by atoms with van der Waals surface area (Å²) in [5.74, 6) is 0.247. The second-order valence-corrected chi connectivity index (χ2v) is 4.58. The summed E-state index contributed by atoms with van der Waals surface area (Å²) in [6.07, 6.45) is 0.220. The Morgan fingerprint density at radius 1 is 1.43 bits per heavy atom. The minimum absolute atomic E-state index is 0.0244. The molecule has 0 aliphatic carbocycles. The molecule has 1 aromatic carbocycles. The average molecular weight is 291 g/mol. The number of hydrogen-bond acceptors (Lipinski definition) is 4. The fraction of sp³-hybridized carbons (Fsp3) is 0.357. The Kier molecular flexibility index (Phi) is 4.76. The van der Waals surface area contributed by atoms with Gasteiger partial charge in [0.05, 0.1) is 20.1 Å². The summed E-state index contributed by atoms with van der Waals surface area (Å²) in [6, 6.07) is 6.83. The van der Waals surface area contributed by atoms with Gasteiger partial charge in [-0.25, -0.2) is 4.79 Å². The van der Waals surface area contributed by atoms with Crippen LogP contribution in [0.15, 0.2) is 24.3 Å². The number of urea groups is 1. The normalized spacial score (nSPS) is 14.0. The Bertz CT molecular complexity index is 543. The van der Waals surface area contributed by atoms with Crippen LogP contribution >= 0.6 is 0 Å². The third-order valence-corrected chi connectivity index (χ3v) is 3.09. The van der Waals surface area contributed by atoms with Gasteiger partial charge in [0, 0.05) is 13.1 Å². The van der Waals surface area contributed by atoms with Crippen LogP contribution in [0.4, 0.5) is 4.79 Å². The second-order valence-electron chi connectivity index (χ2n) is 4.58. The maximum Gasteiger partial charge on any atom is 0.324 e. The van der Waals surface area contributed by atoms with Crippen LogP contribution in [0.5, 0.6) is 5.75 Å². The van der Waals surface area contributed by atoms with Gasteiger partial charge in [-0.1, -0.05) is 12.1 Å². The molecule has 1 aliphatic heterocycles. The van der Waals surface area contributed by atoms with Crippen molar-refractivity contribution in [2.24, 2.45) is 0 Å². The van der Waals surface area contributed by atoms with Crippen molar-refractivity contribution in [1.82, 2.24) is 15.5 Å². The van der Waals surface area contributed by atoms with Gasteiger partial charge in [-0.05, 0) is 17.7 Å². The first-order valence-electron chi connectivity index (χ1n) is 6.58. The van der Waals surface area contributed by atoms with E-state index in [-0.39, 0.29) is 37.9 Å². The Morgan fingerprint density at radius 2 is 2.24 bits per heavy atom. The fourth-order valence-corrected chi connectivity index (χ4v) is 2.02. The molecule has 0 atom stereocenters. The van der Waals surface area contributed by atoms with Crippen LogP contribution in [-0.2, 0) is 16.0 Å². The van der Waals surface area contributed by atoms with Crippen LogP contribution in [0.1, 0.15) is 5.56 Å². The van der Waals surface area contributed by atoms with Crippen LogP contribution in [0.3, 0.4) is 0 Å². The lowest BCUT2D eigenvalue weighted by molar-refractivity contribution is -0.125. The number of ether oxygens (including phenoxy) is 1. The highest BCUT2D eigenvalue weighted by Crippen LogP contribution is 2.12. The largest absolute Gasteiger partial charge is 0.497 e. The zero-order chi connectivity index (χ0) is 15.2. The number of amides is 4. The number of carbonyl (C=O) groups excluding carboxylic acids is 3. The molecule has 0 aromatic heterocycles. The molecule has 7 nitrogen and oxygen atoms in total. The van der Waals surface area contributed by atoms with Crippen molar-refractivity contribution >= 4 is 17.8 Å². The molecule has 2 rings (SSSR count). The van der Waals surface area contributed by atoms with E-state index < -0.39 is 6.03 Å². The number of hydrogen-bond donors (Lipinski definition) is 2. The molecule has 1 heterocycles. The van der Waals surface area contributed by atoms with Crippen molar-refractivity contribution in [2.75, 3.05) is 26.7 Å². The van der Waals surface area contributed by atoms with Gasteiger partial charge in [0.2, 0.25) is 11.8 Å². The van der Waals surface area contributed by atoms with E-state index in [2.05, 4.69) is 10.6 Å². The molecule has 0 radical (unpaired) electrons. The van der Waals surface area contributed by atoms with Gasteiger partial charge < -0.3 is 15.4 Å². The maximum atomic E-state index is 11.8. The zero-order valence-corrected chi connectivity index (χ0v) is 11.7. The molecule has 0 bridgehead atoms. The van der Waals surface area contributed by atoms with Crippen LogP contribution < -0.4 is 15.4 Å². The van der Waals surface area contributed by atoms with Crippen molar-refractivity contribution in [1.29, 1.82) is 0 Å². The summed E-state index contributed by atoms with van der Waals surface area (Å²) in [4.78, 5) is 35.5. The zero-order valence-electron chi connectivity index (χ0n) is 11.7. The molecule has 2 N–H and O–H groups in total. The SMILES string of the molecule is COc1cccc(CC(=O)NCCN2C(=O)CNC2=O)c1.